The Kier molecular flexibility index (Phi) is 6.38. The molecule has 2 aromatic heterocycles. The Morgan fingerprint density at radius 2 is 1.89 bits per heavy atom. The summed E-state index contributed by atoms with van der Waals surface area (Å²) in [5.74, 6) is 1.71. The van der Waals surface area contributed by atoms with Crippen molar-refractivity contribution in [2.45, 2.75) is 26.4 Å². The highest BCUT2D eigenvalue weighted by atomic mass is 32.1. The Balaban J connectivity index is 1.40. The number of likely N-dealkylation sites (tertiary alicyclic amines) is 1. The zero-order valence-corrected chi connectivity index (χ0v) is 20.7. The summed E-state index contributed by atoms with van der Waals surface area (Å²) in [4.78, 5) is 32.1. The number of carbonyl (C=O) groups excluding carboxylic acids is 2. The number of amides is 2. The van der Waals surface area contributed by atoms with Crippen molar-refractivity contribution in [3.63, 3.8) is 0 Å². The number of benzene rings is 2. The first-order valence-corrected chi connectivity index (χ1v) is 12.0. The fourth-order valence-electron chi connectivity index (χ4n) is 3.69. The van der Waals surface area contributed by atoms with Crippen LogP contribution >= 0.6 is 11.3 Å². The first-order valence-electron chi connectivity index (χ1n) is 11.2. The first kappa shape index (κ1) is 23.5. The Hall–Kier alpha value is -4.25. The van der Waals surface area contributed by atoms with E-state index in [0.29, 0.717) is 52.7 Å². The number of nitrogens with one attached hydrogen (secondary N) is 1. The number of anilines is 1. The molecule has 2 aromatic carbocycles. The van der Waals surface area contributed by atoms with Crippen molar-refractivity contribution in [2.24, 2.45) is 0 Å². The van der Waals surface area contributed by atoms with Crippen molar-refractivity contribution in [1.29, 1.82) is 0 Å². The van der Waals surface area contributed by atoms with Gasteiger partial charge in [0.05, 0.1) is 0 Å². The summed E-state index contributed by atoms with van der Waals surface area (Å²) < 4.78 is 17.5. The molecule has 1 aliphatic heterocycles. The lowest BCUT2D eigenvalue weighted by Crippen LogP contribution is -2.29. The zero-order chi connectivity index (χ0) is 25.2. The lowest BCUT2D eigenvalue weighted by molar-refractivity contribution is -0.132. The van der Waals surface area contributed by atoms with Crippen molar-refractivity contribution in [1.82, 2.24) is 20.1 Å². The molecule has 4 aromatic rings. The van der Waals surface area contributed by atoms with Gasteiger partial charge < -0.3 is 18.8 Å². The molecule has 0 unspecified atom stereocenters. The van der Waals surface area contributed by atoms with Crippen LogP contribution < -0.4 is 14.8 Å². The van der Waals surface area contributed by atoms with E-state index in [0.717, 1.165) is 10.4 Å². The molecule has 0 bridgehead atoms. The van der Waals surface area contributed by atoms with Crippen molar-refractivity contribution < 1.29 is 23.5 Å². The molecular formula is C25H23N5O5S. The van der Waals surface area contributed by atoms with Gasteiger partial charge in [0.2, 0.25) is 11.8 Å². The van der Waals surface area contributed by atoms with Crippen molar-refractivity contribution in [2.75, 3.05) is 18.9 Å². The lowest BCUT2D eigenvalue weighted by Gasteiger charge is -2.15. The third-order valence-electron chi connectivity index (χ3n) is 5.50. The van der Waals surface area contributed by atoms with E-state index in [2.05, 4.69) is 20.5 Å². The van der Waals surface area contributed by atoms with E-state index in [9.17, 15) is 9.59 Å². The number of hydrogen-bond donors (Lipinski definition) is 1. The van der Waals surface area contributed by atoms with E-state index < -0.39 is 6.10 Å². The summed E-state index contributed by atoms with van der Waals surface area (Å²) in [5.41, 5.74) is 1.06. The zero-order valence-electron chi connectivity index (χ0n) is 19.8. The second-order valence-corrected chi connectivity index (χ2v) is 9.57. The monoisotopic (exact) mass is 505 g/mol. The standard InChI is InChI=1S/C25H23N5O5S/c1-14-13-26-25(36-14)27-22(31)17-10-19(12-20(11-17)35-21-8-9-30(3)24(21)32)34-18-6-4-16(5-7-18)23-29-28-15(2)33-23/h4-7,10-13,21H,8-9H2,1-3H3,(H,26,27,31)/t21-/m1/s1. The van der Waals surface area contributed by atoms with Crippen LogP contribution in [-0.2, 0) is 4.79 Å². The van der Waals surface area contributed by atoms with Crippen molar-refractivity contribution in [3.05, 3.63) is 65.0 Å². The van der Waals surface area contributed by atoms with Crippen LogP contribution in [0.25, 0.3) is 11.5 Å². The maximum atomic E-state index is 13.0. The SMILES string of the molecule is Cc1nnc(-c2ccc(Oc3cc(O[C@@H]4CCN(C)C4=O)cc(C(=O)Nc4ncc(C)s4)c3)cc2)o1. The van der Waals surface area contributed by atoms with Gasteiger partial charge in [-0.05, 0) is 43.3 Å². The van der Waals surface area contributed by atoms with Crippen LogP contribution in [-0.4, -0.2) is 51.6 Å². The number of nitrogens with zero attached hydrogens (tertiary/aromatic N) is 4. The van der Waals surface area contributed by atoms with Gasteiger partial charge in [-0.25, -0.2) is 4.98 Å². The molecule has 1 atom stereocenters. The second kappa shape index (κ2) is 9.78. The molecule has 2 amide bonds. The highest BCUT2D eigenvalue weighted by molar-refractivity contribution is 7.15. The van der Waals surface area contributed by atoms with E-state index in [-0.39, 0.29) is 11.8 Å². The number of aryl methyl sites for hydroxylation is 2. The van der Waals surface area contributed by atoms with Gasteiger partial charge in [-0.15, -0.1) is 21.5 Å². The van der Waals surface area contributed by atoms with Gasteiger partial charge in [0.25, 0.3) is 11.8 Å². The molecule has 0 spiro atoms. The Morgan fingerprint density at radius 3 is 2.53 bits per heavy atom. The Bertz CT molecular complexity index is 1410. The van der Waals surface area contributed by atoms with Gasteiger partial charge in [-0.2, -0.15) is 0 Å². The molecule has 3 heterocycles. The fraction of sp³-hybridized carbons (Fsp3) is 0.240. The molecular weight excluding hydrogens is 482 g/mol. The van der Waals surface area contributed by atoms with Gasteiger partial charge in [0, 0.05) is 55.2 Å². The maximum absolute atomic E-state index is 13.0. The number of rotatable bonds is 7. The molecule has 10 nitrogen and oxygen atoms in total. The van der Waals surface area contributed by atoms with Gasteiger partial charge in [0.15, 0.2) is 11.2 Å². The normalized spacial score (nSPS) is 15.2. The Morgan fingerprint density at radius 1 is 1.11 bits per heavy atom. The van der Waals surface area contributed by atoms with E-state index in [1.807, 2.05) is 6.92 Å². The van der Waals surface area contributed by atoms with Crippen LogP contribution in [0.15, 0.2) is 53.1 Å². The van der Waals surface area contributed by atoms with Gasteiger partial charge in [0.1, 0.15) is 17.2 Å². The summed E-state index contributed by atoms with van der Waals surface area (Å²) in [5, 5.41) is 11.1. The molecule has 11 heteroatoms. The molecule has 36 heavy (non-hydrogen) atoms. The molecule has 1 aliphatic rings. The fourth-order valence-corrected chi connectivity index (χ4v) is 4.35. The summed E-state index contributed by atoms with van der Waals surface area (Å²) in [6, 6.07) is 12.0. The third-order valence-corrected chi connectivity index (χ3v) is 6.33. The highest BCUT2D eigenvalue weighted by Crippen LogP contribution is 2.31. The lowest BCUT2D eigenvalue weighted by atomic mass is 10.1. The molecule has 1 N–H and O–H groups in total. The van der Waals surface area contributed by atoms with Crippen LogP contribution in [0.5, 0.6) is 17.2 Å². The van der Waals surface area contributed by atoms with Crippen LogP contribution in [0.1, 0.15) is 27.5 Å². The molecule has 184 valence electrons. The second-order valence-electron chi connectivity index (χ2n) is 8.33. The third kappa shape index (κ3) is 5.20. The van der Waals surface area contributed by atoms with E-state index in [1.165, 1.54) is 11.3 Å². The first-order chi connectivity index (χ1) is 17.3. The largest absolute Gasteiger partial charge is 0.480 e. The maximum Gasteiger partial charge on any atom is 0.263 e. The number of hydrogen-bond acceptors (Lipinski definition) is 9. The van der Waals surface area contributed by atoms with Crippen molar-refractivity contribution >= 4 is 28.3 Å². The minimum Gasteiger partial charge on any atom is -0.480 e. The quantitative estimate of drug-likeness (QED) is 0.391. The van der Waals surface area contributed by atoms with Crippen LogP contribution in [0.4, 0.5) is 5.13 Å². The summed E-state index contributed by atoms with van der Waals surface area (Å²) in [7, 11) is 1.74. The number of ether oxygens (including phenoxy) is 2. The minimum atomic E-state index is -0.611. The number of carbonyl (C=O) groups is 2. The summed E-state index contributed by atoms with van der Waals surface area (Å²) >= 11 is 1.38. The smallest absolute Gasteiger partial charge is 0.263 e. The number of aromatic nitrogens is 3. The van der Waals surface area contributed by atoms with Crippen molar-refractivity contribution in [3.8, 4) is 28.7 Å². The van der Waals surface area contributed by atoms with Gasteiger partial charge in [-0.3, -0.25) is 14.9 Å². The molecule has 5 rings (SSSR count). The van der Waals surface area contributed by atoms with E-state index in [4.69, 9.17) is 13.9 Å². The van der Waals surface area contributed by atoms with Gasteiger partial charge in [-0.1, -0.05) is 0 Å². The summed E-state index contributed by atoms with van der Waals surface area (Å²) in [6.45, 7) is 4.25. The molecule has 0 aliphatic carbocycles. The highest BCUT2D eigenvalue weighted by Gasteiger charge is 2.31. The average Bonchev–Trinajstić information content (AvgIpc) is 3.56. The number of thiazole rings is 1. The van der Waals surface area contributed by atoms with Crippen LogP contribution in [0.2, 0.25) is 0 Å². The van der Waals surface area contributed by atoms with Gasteiger partial charge >= 0.3 is 0 Å². The molecule has 1 fully saturated rings. The van der Waals surface area contributed by atoms with E-state index >= 15 is 0 Å². The predicted molar refractivity (Wildman–Crippen MR) is 132 cm³/mol. The van der Waals surface area contributed by atoms with Crippen LogP contribution in [0, 0.1) is 13.8 Å². The average molecular weight is 506 g/mol. The minimum absolute atomic E-state index is 0.0996. The molecule has 0 saturated carbocycles. The molecule has 0 radical (unpaired) electrons. The predicted octanol–water partition coefficient (Wildman–Crippen LogP) is 4.46. The molecule has 1 saturated heterocycles. The topological polar surface area (TPSA) is 120 Å². The Labute approximate surface area is 210 Å². The summed E-state index contributed by atoms with van der Waals surface area (Å²) in [6.07, 6.45) is 1.65. The van der Waals surface area contributed by atoms with Crippen LogP contribution in [0.3, 0.4) is 0 Å². The van der Waals surface area contributed by atoms with E-state index in [1.54, 1.807) is 67.5 Å². The number of likely N-dealkylation sites (N-methyl/N-ethyl adjacent to an activating group) is 1.